The quantitative estimate of drug-likeness (QED) is 0.240. The van der Waals surface area contributed by atoms with Gasteiger partial charge in [-0.2, -0.15) is 0 Å². The molecule has 2 aromatic carbocycles. The fraction of sp³-hybridized carbons (Fsp3) is 0.231. The van der Waals surface area contributed by atoms with Crippen LogP contribution in [0.15, 0.2) is 65.1 Å². The van der Waals surface area contributed by atoms with Crippen LogP contribution >= 0.6 is 23.1 Å². The van der Waals surface area contributed by atoms with Crippen molar-refractivity contribution in [2.24, 2.45) is 7.05 Å². The third kappa shape index (κ3) is 5.60. The first-order valence-electron chi connectivity index (χ1n) is 11.3. The van der Waals surface area contributed by atoms with Crippen LogP contribution in [0.2, 0.25) is 0 Å². The zero-order chi connectivity index (χ0) is 25.7. The van der Waals surface area contributed by atoms with E-state index in [1.54, 1.807) is 6.92 Å². The molecule has 4 aromatic rings. The van der Waals surface area contributed by atoms with Crippen molar-refractivity contribution >= 4 is 45.7 Å². The van der Waals surface area contributed by atoms with Crippen molar-refractivity contribution < 1.29 is 14.3 Å². The average Bonchev–Trinajstić information content (AvgIpc) is 3.46. The summed E-state index contributed by atoms with van der Waals surface area (Å²) in [5, 5.41) is 14.4. The lowest BCUT2D eigenvalue weighted by molar-refractivity contribution is -0.113. The maximum absolute atomic E-state index is 12.8. The number of thioether (sulfide) groups is 1. The van der Waals surface area contributed by atoms with Crippen molar-refractivity contribution in [3.8, 4) is 22.5 Å². The van der Waals surface area contributed by atoms with E-state index in [2.05, 4.69) is 15.5 Å². The highest BCUT2D eigenvalue weighted by atomic mass is 32.2. The minimum Gasteiger partial charge on any atom is -0.462 e. The maximum atomic E-state index is 12.8. The highest BCUT2D eigenvalue weighted by Gasteiger charge is 2.23. The number of carbonyl (C=O) groups is 2. The van der Waals surface area contributed by atoms with E-state index in [9.17, 15) is 9.59 Å². The molecule has 1 N–H and O–H groups in total. The standard InChI is InChI=1S/C26H27N5O3S2/c1-5-34-25(33)22-20(17-10-7-6-8-11-17)15-35-24(22)27-21(32)16-36-26-29-28-23(31(26)4)18-12-9-13-19(14-18)30(2)3/h6-15H,5,16H2,1-4H3,(H,27,32). The van der Waals surface area contributed by atoms with Crippen molar-refractivity contribution in [2.75, 3.05) is 36.7 Å². The van der Waals surface area contributed by atoms with Crippen LogP contribution in [-0.2, 0) is 16.6 Å². The van der Waals surface area contributed by atoms with Crippen LogP contribution < -0.4 is 10.2 Å². The molecule has 0 saturated carbocycles. The lowest BCUT2D eigenvalue weighted by atomic mass is 10.0. The van der Waals surface area contributed by atoms with Gasteiger partial charge in [-0.05, 0) is 24.6 Å². The molecule has 0 saturated heterocycles. The number of thiophene rings is 1. The van der Waals surface area contributed by atoms with E-state index in [4.69, 9.17) is 4.74 Å². The molecule has 2 heterocycles. The fourth-order valence-electron chi connectivity index (χ4n) is 3.59. The molecule has 0 aliphatic heterocycles. The van der Waals surface area contributed by atoms with Gasteiger partial charge in [0.15, 0.2) is 11.0 Å². The normalized spacial score (nSPS) is 10.8. The summed E-state index contributed by atoms with van der Waals surface area (Å²) in [6.45, 7) is 2.01. The van der Waals surface area contributed by atoms with Crippen LogP contribution in [0, 0.1) is 0 Å². The molecule has 0 bridgehead atoms. The van der Waals surface area contributed by atoms with Gasteiger partial charge in [0, 0.05) is 43.3 Å². The molecule has 10 heteroatoms. The van der Waals surface area contributed by atoms with Crippen LogP contribution in [0.5, 0.6) is 0 Å². The molecule has 0 aliphatic rings. The lowest BCUT2D eigenvalue weighted by Gasteiger charge is -2.13. The average molecular weight is 522 g/mol. The first kappa shape index (κ1) is 25.5. The van der Waals surface area contributed by atoms with E-state index in [0.29, 0.717) is 15.7 Å². The molecule has 186 valence electrons. The fourth-order valence-corrected chi connectivity index (χ4v) is 5.28. The minimum absolute atomic E-state index is 0.116. The third-order valence-electron chi connectivity index (χ3n) is 5.40. The molecule has 2 aromatic heterocycles. The summed E-state index contributed by atoms with van der Waals surface area (Å²) in [6, 6.07) is 17.6. The van der Waals surface area contributed by atoms with Gasteiger partial charge in [-0.1, -0.05) is 54.2 Å². The Morgan fingerprint density at radius 2 is 1.83 bits per heavy atom. The predicted octanol–water partition coefficient (Wildman–Crippen LogP) is 5.18. The number of hydrogen-bond donors (Lipinski definition) is 1. The van der Waals surface area contributed by atoms with Gasteiger partial charge in [0.25, 0.3) is 0 Å². The van der Waals surface area contributed by atoms with Crippen LogP contribution in [-0.4, -0.2) is 53.1 Å². The number of carbonyl (C=O) groups excluding carboxylic acids is 2. The van der Waals surface area contributed by atoms with Crippen LogP contribution in [0.1, 0.15) is 17.3 Å². The molecule has 4 rings (SSSR count). The van der Waals surface area contributed by atoms with Crippen molar-refractivity contribution in [3.05, 3.63) is 65.5 Å². The Kier molecular flexibility index (Phi) is 8.07. The Balaban J connectivity index is 1.48. The molecule has 8 nitrogen and oxygen atoms in total. The topological polar surface area (TPSA) is 89.3 Å². The Morgan fingerprint density at radius 1 is 1.08 bits per heavy atom. The van der Waals surface area contributed by atoms with Crippen LogP contribution in [0.4, 0.5) is 10.7 Å². The second kappa shape index (κ2) is 11.4. The van der Waals surface area contributed by atoms with Gasteiger partial charge in [-0.3, -0.25) is 4.79 Å². The largest absolute Gasteiger partial charge is 0.462 e. The highest BCUT2D eigenvalue weighted by Crippen LogP contribution is 2.36. The van der Waals surface area contributed by atoms with E-state index in [1.807, 2.05) is 90.6 Å². The molecule has 1 amide bonds. The molecule has 0 radical (unpaired) electrons. The van der Waals surface area contributed by atoms with E-state index in [1.165, 1.54) is 23.1 Å². The first-order chi connectivity index (χ1) is 17.4. The number of anilines is 2. The van der Waals surface area contributed by atoms with E-state index >= 15 is 0 Å². The molecule has 0 spiro atoms. The zero-order valence-electron chi connectivity index (χ0n) is 20.5. The Hall–Kier alpha value is -3.63. The summed E-state index contributed by atoms with van der Waals surface area (Å²) < 4.78 is 7.14. The Bertz CT molecular complexity index is 1370. The minimum atomic E-state index is -0.460. The summed E-state index contributed by atoms with van der Waals surface area (Å²) in [6.07, 6.45) is 0. The summed E-state index contributed by atoms with van der Waals surface area (Å²) >= 11 is 2.59. The summed E-state index contributed by atoms with van der Waals surface area (Å²) in [5.41, 5.74) is 4.00. The molecule has 0 fully saturated rings. The summed E-state index contributed by atoms with van der Waals surface area (Å²) in [5.74, 6) is 0.131. The summed E-state index contributed by atoms with van der Waals surface area (Å²) in [4.78, 5) is 27.6. The number of nitrogens with zero attached hydrogens (tertiary/aromatic N) is 4. The number of amides is 1. The second-order valence-electron chi connectivity index (χ2n) is 8.09. The number of ether oxygens (including phenoxy) is 1. The lowest BCUT2D eigenvalue weighted by Crippen LogP contribution is -2.16. The number of rotatable bonds is 9. The third-order valence-corrected chi connectivity index (χ3v) is 7.31. The van der Waals surface area contributed by atoms with Crippen molar-refractivity contribution in [1.29, 1.82) is 0 Å². The summed E-state index contributed by atoms with van der Waals surface area (Å²) in [7, 11) is 5.85. The van der Waals surface area contributed by atoms with Crippen molar-refractivity contribution in [2.45, 2.75) is 12.1 Å². The SMILES string of the molecule is CCOC(=O)c1c(-c2ccccc2)csc1NC(=O)CSc1nnc(-c2cccc(N(C)C)c2)n1C. The van der Waals surface area contributed by atoms with Crippen LogP contribution in [0.3, 0.4) is 0 Å². The molecule has 0 unspecified atom stereocenters. The monoisotopic (exact) mass is 521 g/mol. The van der Waals surface area contributed by atoms with Gasteiger partial charge in [0.2, 0.25) is 5.91 Å². The van der Waals surface area contributed by atoms with Crippen molar-refractivity contribution in [1.82, 2.24) is 14.8 Å². The highest BCUT2D eigenvalue weighted by molar-refractivity contribution is 7.99. The van der Waals surface area contributed by atoms with Crippen LogP contribution in [0.25, 0.3) is 22.5 Å². The molecule has 0 aliphatic carbocycles. The number of aromatic nitrogens is 3. The number of benzene rings is 2. The van der Waals surface area contributed by atoms with E-state index in [0.717, 1.165) is 28.2 Å². The van der Waals surface area contributed by atoms with Gasteiger partial charge in [0.05, 0.1) is 12.4 Å². The Morgan fingerprint density at radius 3 is 2.56 bits per heavy atom. The Labute approximate surface area is 218 Å². The van der Waals surface area contributed by atoms with Gasteiger partial charge in [0.1, 0.15) is 10.6 Å². The van der Waals surface area contributed by atoms with E-state index < -0.39 is 5.97 Å². The van der Waals surface area contributed by atoms with E-state index in [-0.39, 0.29) is 18.3 Å². The first-order valence-corrected chi connectivity index (χ1v) is 13.2. The van der Waals surface area contributed by atoms with Gasteiger partial charge in [-0.25, -0.2) is 4.79 Å². The maximum Gasteiger partial charge on any atom is 0.341 e. The van der Waals surface area contributed by atoms with Gasteiger partial charge >= 0.3 is 5.97 Å². The van der Waals surface area contributed by atoms with Gasteiger partial charge in [-0.15, -0.1) is 21.5 Å². The number of nitrogens with one attached hydrogen (secondary N) is 1. The molecular formula is C26H27N5O3S2. The molecule has 36 heavy (non-hydrogen) atoms. The molecule has 0 atom stereocenters. The number of hydrogen-bond acceptors (Lipinski definition) is 8. The zero-order valence-corrected chi connectivity index (χ0v) is 22.2. The predicted molar refractivity (Wildman–Crippen MR) is 146 cm³/mol. The molecular weight excluding hydrogens is 494 g/mol. The van der Waals surface area contributed by atoms with Gasteiger partial charge < -0.3 is 19.5 Å². The smallest absolute Gasteiger partial charge is 0.341 e. The van der Waals surface area contributed by atoms with Crippen molar-refractivity contribution in [3.63, 3.8) is 0 Å². The number of esters is 1. The second-order valence-corrected chi connectivity index (χ2v) is 9.91.